The van der Waals surface area contributed by atoms with Gasteiger partial charge in [-0.3, -0.25) is 0 Å². The largest absolute Gasteiger partial charge is 0.488 e. The van der Waals surface area contributed by atoms with Crippen molar-refractivity contribution >= 4 is 0 Å². The lowest BCUT2D eigenvalue weighted by molar-refractivity contribution is 0.202. The molecule has 0 amide bonds. The highest BCUT2D eigenvalue weighted by Gasteiger charge is 2.31. The van der Waals surface area contributed by atoms with E-state index in [0.717, 1.165) is 12.2 Å². The fraction of sp³-hybridized carbons (Fsp3) is 0.538. The monoisotopic (exact) mass is 203 g/mol. The van der Waals surface area contributed by atoms with E-state index in [-0.39, 0.29) is 12.1 Å². The van der Waals surface area contributed by atoms with Gasteiger partial charge in [-0.15, -0.1) is 0 Å². The van der Waals surface area contributed by atoms with E-state index < -0.39 is 0 Å². The molecule has 15 heavy (non-hydrogen) atoms. The van der Waals surface area contributed by atoms with Gasteiger partial charge in [-0.2, -0.15) is 0 Å². The summed E-state index contributed by atoms with van der Waals surface area (Å²) >= 11 is 0. The van der Waals surface area contributed by atoms with Gasteiger partial charge in [0.05, 0.1) is 6.04 Å². The van der Waals surface area contributed by atoms with Gasteiger partial charge in [0.15, 0.2) is 0 Å². The summed E-state index contributed by atoms with van der Waals surface area (Å²) in [7, 11) is 0. The molecule has 0 spiro atoms. The van der Waals surface area contributed by atoms with Crippen LogP contribution in [-0.4, -0.2) is 6.10 Å². The summed E-state index contributed by atoms with van der Waals surface area (Å²) in [6, 6.07) is 4.57. The van der Waals surface area contributed by atoms with Gasteiger partial charge in [0.1, 0.15) is 11.9 Å². The summed E-state index contributed by atoms with van der Waals surface area (Å²) in [4.78, 5) is 0. The van der Waals surface area contributed by atoms with Gasteiger partial charge in [-0.05, 0) is 42.9 Å². The molecule has 2 aliphatic rings. The molecule has 2 atom stereocenters. The first-order chi connectivity index (χ1) is 7.29. The second-order valence-electron chi connectivity index (χ2n) is 4.60. The van der Waals surface area contributed by atoms with Crippen LogP contribution >= 0.6 is 0 Å². The lowest BCUT2D eigenvalue weighted by Gasteiger charge is -2.11. The lowest BCUT2D eigenvalue weighted by atomic mass is 9.99. The molecule has 2 heteroatoms. The minimum absolute atomic E-state index is 0.0795. The standard InChI is InChI=1S/C13H17NO/c1-2-11-13(14)10-6-8-4-3-5-9(8)7-12(10)15-11/h6-7,11,13H,2-5,14H2,1H3. The third kappa shape index (κ3) is 1.28. The van der Waals surface area contributed by atoms with Crippen LogP contribution in [0.4, 0.5) is 0 Å². The first-order valence-corrected chi connectivity index (χ1v) is 5.87. The molecule has 0 radical (unpaired) electrons. The normalized spacial score (nSPS) is 27.3. The second kappa shape index (κ2) is 3.24. The highest BCUT2D eigenvalue weighted by Crippen LogP contribution is 2.40. The van der Waals surface area contributed by atoms with Gasteiger partial charge < -0.3 is 10.5 Å². The Hall–Kier alpha value is -1.02. The molecule has 1 aliphatic carbocycles. The number of nitrogens with two attached hydrogens (primary N) is 1. The van der Waals surface area contributed by atoms with Crippen molar-refractivity contribution in [2.45, 2.75) is 44.8 Å². The Morgan fingerprint density at radius 1 is 1.33 bits per heavy atom. The number of hydrogen-bond acceptors (Lipinski definition) is 2. The zero-order valence-corrected chi connectivity index (χ0v) is 9.12. The van der Waals surface area contributed by atoms with Gasteiger partial charge in [0.2, 0.25) is 0 Å². The zero-order chi connectivity index (χ0) is 10.4. The van der Waals surface area contributed by atoms with Gasteiger partial charge in [0.25, 0.3) is 0 Å². The molecule has 1 aliphatic heterocycles. The third-order valence-electron chi connectivity index (χ3n) is 3.66. The van der Waals surface area contributed by atoms with Crippen LogP contribution in [0.1, 0.15) is 42.5 Å². The van der Waals surface area contributed by atoms with E-state index in [0.29, 0.717) is 0 Å². The molecule has 0 fully saturated rings. The number of rotatable bonds is 1. The summed E-state index contributed by atoms with van der Waals surface area (Å²) in [6.45, 7) is 2.13. The smallest absolute Gasteiger partial charge is 0.125 e. The summed E-state index contributed by atoms with van der Waals surface area (Å²) in [6.07, 6.45) is 4.87. The molecule has 2 nitrogen and oxygen atoms in total. The molecule has 1 aromatic carbocycles. The van der Waals surface area contributed by atoms with Crippen LogP contribution in [0.3, 0.4) is 0 Å². The van der Waals surface area contributed by atoms with Crippen LogP contribution in [0.15, 0.2) is 12.1 Å². The lowest BCUT2D eigenvalue weighted by Crippen LogP contribution is -2.24. The number of ether oxygens (including phenoxy) is 1. The Morgan fingerprint density at radius 2 is 2.07 bits per heavy atom. The average molecular weight is 203 g/mol. The molecule has 3 rings (SSSR count). The Bertz CT molecular complexity index is 400. The maximum Gasteiger partial charge on any atom is 0.125 e. The zero-order valence-electron chi connectivity index (χ0n) is 9.12. The minimum Gasteiger partial charge on any atom is -0.488 e. The van der Waals surface area contributed by atoms with E-state index >= 15 is 0 Å². The van der Waals surface area contributed by atoms with Crippen molar-refractivity contribution < 1.29 is 4.74 Å². The van der Waals surface area contributed by atoms with E-state index in [1.165, 1.54) is 36.0 Å². The van der Waals surface area contributed by atoms with Gasteiger partial charge in [-0.1, -0.05) is 13.0 Å². The molecule has 0 bridgehead atoms. The fourth-order valence-corrected chi connectivity index (χ4v) is 2.76. The van der Waals surface area contributed by atoms with Crippen LogP contribution in [-0.2, 0) is 12.8 Å². The Kier molecular flexibility index (Phi) is 1.99. The molecule has 0 aromatic heterocycles. The van der Waals surface area contributed by atoms with E-state index in [1.807, 2.05) is 0 Å². The maximum absolute atomic E-state index is 6.17. The molecule has 1 heterocycles. The summed E-state index contributed by atoms with van der Waals surface area (Å²) in [5, 5.41) is 0. The van der Waals surface area contributed by atoms with Gasteiger partial charge in [0, 0.05) is 5.56 Å². The Morgan fingerprint density at radius 3 is 2.80 bits per heavy atom. The predicted octanol–water partition coefficient (Wildman–Crippen LogP) is 2.35. The minimum atomic E-state index is 0.0795. The Balaban J connectivity index is 2.05. The van der Waals surface area contributed by atoms with Crippen molar-refractivity contribution in [1.29, 1.82) is 0 Å². The van der Waals surface area contributed by atoms with Crippen molar-refractivity contribution in [3.8, 4) is 5.75 Å². The molecule has 1 aromatic rings. The number of hydrogen-bond donors (Lipinski definition) is 1. The quantitative estimate of drug-likeness (QED) is 0.760. The van der Waals surface area contributed by atoms with Crippen molar-refractivity contribution in [3.63, 3.8) is 0 Å². The van der Waals surface area contributed by atoms with Crippen molar-refractivity contribution in [3.05, 3.63) is 28.8 Å². The predicted molar refractivity (Wildman–Crippen MR) is 60.1 cm³/mol. The van der Waals surface area contributed by atoms with E-state index in [4.69, 9.17) is 10.5 Å². The summed E-state index contributed by atoms with van der Waals surface area (Å²) in [5.41, 5.74) is 10.4. The molecule has 2 N–H and O–H groups in total. The van der Waals surface area contributed by atoms with Gasteiger partial charge >= 0.3 is 0 Å². The van der Waals surface area contributed by atoms with Crippen LogP contribution in [0, 0.1) is 0 Å². The van der Waals surface area contributed by atoms with Crippen LogP contribution in [0.2, 0.25) is 0 Å². The van der Waals surface area contributed by atoms with Crippen LogP contribution in [0.5, 0.6) is 5.75 Å². The molecular formula is C13H17NO. The van der Waals surface area contributed by atoms with Crippen LogP contribution < -0.4 is 10.5 Å². The van der Waals surface area contributed by atoms with Crippen LogP contribution in [0.25, 0.3) is 0 Å². The summed E-state index contributed by atoms with van der Waals surface area (Å²) < 4.78 is 5.87. The first kappa shape index (κ1) is 9.22. The third-order valence-corrected chi connectivity index (χ3v) is 3.66. The SMILES string of the molecule is CCC1Oc2cc3c(cc2C1N)CCC3. The molecule has 2 unspecified atom stereocenters. The Labute approximate surface area is 90.4 Å². The number of fused-ring (bicyclic) bond motifs is 2. The molecule has 80 valence electrons. The fourth-order valence-electron chi connectivity index (χ4n) is 2.76. The summed E-state index contributed by atoms with van der Waals surface area (Å²) in [5.74, 6) is 1.04. The number of aryl methyl sites for hydroxylation is 2. The van der Waals surface area contributed by atoms with Crippen molar-refractivity contribution in [2.75, 3.05) is 0 Å². The number of benzene rings is 1. The van der Waals surface area contributed by atoms with E-state index in [2.05, 4.69) is 19.1 Å². The maximum atomic E-state index is 6.17. The van der Waals surface area contributed by atoms with E-state index in [9.17, 15) is 0 Å². The van der Waals surface area contributed by atoms with E-state index in [1.54, 1.807) is 0 Å². The highest BCUT2D eigenvalue weighted by molar-refractivity contribution is 5.48. The average Bonchev–Trinajstić information content (AvgIpc) is 2.80. The highest BCUT2D eigenvalue weighted by atomic mass is 16.5. The first-order valence-electron chi connectivity index (χ1n) is 5.87. The molecule has 0 saturated heterocycles. The molecular weight excluding hydrogens is 186 g/mol. The molecule has 0 saturated carbocycles. The second-order valence-corrected chi connectivity index (χ2v) is 4.60. The van der Waals surface area contributed by atoms with Crippen molar-refractivity contribution in [2.24, 2.45) is 5.73 Å². The topological polar surface area (TPSA) is 35.2 Å². The van der Waals surface area contributed by atoms with Crippen molar-refractivity contribution in [1.82, 2.24) is 0 Å². The van der Waals surface area contributed by atoms with Gasteiger partial charge in [-0.25, -0.2) is 0 Å².